The van der Waals surface area contributed by atoms with E-state index in [0.29, 0.717) is 10.7 Å². The summed E-state index contributed by atoms with van der Waals surface area (Å²) in [5.41, 5.74) is 0.433. The quantitative estimate of drug-likeness (QED) is 0.891. The highest BCUT2D eigenvalue weighted by Gasteiger charge is 2.25. The van der Waals surface area contributed by atoms with Gasteiger partial charge in [-0.1, -0.05) is 18.5 Å². The van der Waals surface area contributed by atoms with Crippen LogP contribution in [0.1, 0.15) is 43.0 Å². The maximum atomic E-state index is 12.4. The number of carboxylic acids is 1. The molecule has 1 saturated heterocycles. The third-order valence-corrected chi connectivity index (χ3v) is 4.14. The van der Waals surface area contributed by atoms with Crippen molar-refractivity contribution in [3.63, 3.8) is 0 Å². The minimum Gasteiger partial charge on any atom is -0.478 e. The van der Waals surface area contributed by atoms with E-state index in [1.807, 2.05) is 4.90 Å². The molecule has 1 aromatic carbocycles. The number of piperidine rings is 1. The number of carbonyl (C=O) groups is 2. The third-order valence-electron chi connectivity index (χ3n) is 3.81. The zero-order valence-corrected chi connectivity index (χ0v) is 12.7. The molecule has 0 bridgehead atoms. The van der Waals surface area contributed by atoms with Crippen LogP contribution in [-0.2, 0) is 0 Å². The van der Waals surface area contributed by atoms with E-state index in [4.69, 9.17) is 16.7 Å². The van der Waals surface area contributed by atoms with Crippen LogP contribution in [0.5, 0.6) is 0 Å². The zero-order chi connectivity index (χ0) is 15.4. The second-order valence-corrected chi connectivity index (χ2v) is 5.59. The number of aromatic carboxylic acids is 1. The summed E-state index contributed by atoms with van der Waals surface area (Å²) in [4.78, 5) is 25.2. The van der Waals surface area contributed by atoms with Crippen molar-refractivity contribution in [2.24, 2.45) is 0 Å². The Labute approximate surface area is 128 Å². The van der Waals surface area contributed by atoms with Gasteiger partial charge in [0.25, 0.3) is 0 Å². The summed E-state index contributed by atoms with van der Waals surface area (Å²) in [5, 5.41) is 12.1. The van der Waals surface area contributed by atoms with Gasteiger partial charge < -0.3 is 15.3 Å². The van der Waals surface area contributed by atoms with Crippen molar-refractivity contribution < 1.29 is 14.7 Å². The minimum absolute atomic E-state index is 0.0976. The van der Waals surface area contributed by atoms with Crippen LogP contribution in [0, 0.1) is 0 Å². The monoisotopic (exact) mass is 310 g/mol. The summed E-state index contributed by atoms with van der Waals surface area (Å²) < 4.78 is 0. The molecule has 6 heteroatoms. The Kier molecular flexibility index (Phi) is 5.07. The molecule has 2 N–H and O–H groups in total. The number of rotatable bonds is 3. The molecular formula is C15H19ClN2O3. The van der Waals surface area contributed by atoms with E-state index in [0.717, 1.165) is 32.2 Å². The molecule has 0 aromatic heterocycles. The number of nitrogens with one attached hydrogen (secondary N) is 1. The first kappa shape index (κ1) is 15.6. The molecule has 2 amide bonds. The summed E-state index contributed by atoms with van der Waals surface area (Å²) in [6.45, 7) is 2.79. The molecule has 0 saturated carbocycles. The summed E-state index contributed by atoms with van der Waals surface area (Å²) in [6, 6.07) is 4.30. The zero-order valence-electron chi connectivity index (χ0n) is 11.9. The van der Waals surface area contributed by atoms with Crippen LogP contribution in [0.25, 0.3) is 0 Å². The smallest absolute Gasteiger partial charge is 0.335 e. The number of halogens is 1. The van der Waals surface area contributed by atoms with Crippen molar-refractivity contribution in [2.45, 2.75) is 38.6 Å². The molecule has 1 aliphatic rings. The van der Waals surface area contributed by atoms with E-state index in [-0.39, 0.29) is 17.6 Å². The minimum atomic E-state index is -1.05. The maximum Gasteiger partial charge on any atom is 0.335 e. The number of hydrogen-bond donors (Lipinski definition) is 2. The van der Waals surface area contributed by atoms with Gasteiger partial charge in [0.15, 0.2) is 0 Å². The van der Waals surface area contributed by atoms with Crippen LogP contribution in [0.15, 0.2) is 18.2 Å². The fourth-order valence-corrected chi connectivity index (χ4v) is 2.80. The Morgan fingerprint density at radius 2 is 2.19 bits per heavy atom. The van der Waals surface area contributed by atoms with Crippen molar-refractivity contribution in [1.29, 1.82) is 0 Å². The first-order chi connectivity index (χ1) is 10.0. The highest BCUT2D eigenvalue weighted by atomic mass is 35.5. The van der Waals surface area contributed by atoms with Crippen LogP contribution in [0.2, 0.25) is 5.02 Å². The van der Waals surface area contributed by atoms with Crippen molar-refractivity contribution in [3.05, 3.63) is 28.8 Å². The number of urea groups is 1. The van der Waals surface area contributed by atoms with Crippen molar-refractivity contribution in [1.82, 2.24) is 4.90 Å². The number of amides is 2. The Morgan fingerprint density at radius 1 is 1.43 bits per heavy atom. The van der Waals surface area contributed by atoms with Gasteiger partial charge in [0.05, 0.1) is 16.3 Å². The van der Waals surface area contributed by atoms with Gasteiger partial charge in [-0.2, -0.15) is 0 Å². The summed E-state index contributed by atoms with van der Waals surface area (Å²) in [5.74, 6) is -1.05. The first-order valence-electron chi connectivity index (χ1n) is 7.13. The molecule has 114 valence electrons. The topological polar surface area (TPSA) is 69.6 Å². The number of anilines is 1. The molecule has 1 heterocycles. The molecule has 1 atom stereocenters. The molecule has 0 radical (unpaired) electrons. The summed E-state index contributed by atoms with van der Waals surface area (Å²) in [6.07, 6.45) is 4.05. The van der Waals surface area contributed by atoms with Crippen LogP contribution in [-0.4, -0.2) is 34.6 Å². The van der Waals surface area contributed by atoms with Crippen LogP contribution >= 0.6 is 11.6 Å². The molecule has 0 aliphatic carbocycles. The van der Waals surface area contributed by atoms with Gasteiger partial charge in [-0.15, -0.1) is 0 Å². The number of carbonyl (C=O) groups excluding carboxylic acids is 1. The predicted molar refractivity (Wildman–Crippen MR) is 82.1 cm³/mol. The van der Waals surface area contributed by atoms with Crippen molar-refractivity contribution in [2.75, 3.05) is 11.9 Å². The lowest BCUT2D eigenvalue weighted by molar-refractivity contribution is 0.0697. The van der Waals surface area contributed by atoms with Gasteiger partial charge in [0.2, 0.25) is 0 Å². The highest BCUT2D eigenvalue weighted by Crippen LogP contribution is 2.25. The van der Waals surface area contributed by atoms with Crippen LogP contribution < -0.4 is 5.32 Å². The van der Waals surface area contributed by atoms with Crippen LogP contribution in [0.4, 0.5) is 10.5 Å². The van der Waals surface area contributed by atoms with Gasteiger partial charge in [-0.05, 0) is 43.9 Å². The molecule has 1 aliphatic heterocycles. The van der Waals surface area contributed by atoms with E-state index < -0.39 is 5.97 Å². The van der Waals surface area contributed by atoms with E-state index in [9.17, 15) is 9.59 Å². The van der Waals surface area contributed by atoms with Gasteiger partial charge in [0.1, 0.15) is 0 Å². The fourth-order valence-electron chi connectivity index (χ4n) is 2.63. The van der Waals surface area contributed by atoms with Gasteiger partial charge in [-0.25, -0.2) is 9.59 Å². The standard InChI is InChI=1S/C15H19ClN2O3/c1-2-11-5-3-4-8-18(11)15(21)17-13-9-10(14(19)20)6-7-12(13)16/h6-7,9,11H,2-5,8H2,1H3,(H,17,21)(H,19,20). The van der Waals surface area contributed by atoms with Crippen molar-refractivity contribution >= 4 is 29.3 Å². The van der Waals surface area contributed by atoms with Gasteiger partial charge in [0, 0.05) is 12.6 Å². The molecule has 1 fully saturated rings. The average molecular weight is 311 g/mol. The lowest BCUT2D eigenvalue weighted by Gasteiger charge is -2.35. The van der Waals surface area contributed by atoms with Crippen LogP contribution in [0.3, 0.4) is 0 Å². The molecule has 1 aromatic rings. The number of hydrogen-bond acceptors (Lipinski definition) is 2. The van der Waals surface area contributed by atoms with Gasteiger partial charge >= 0.3 is 12.0 Å². The van der Waals surface area contributed by atoms with E-state index >= 15 is 0 Å². The number of nitrogens with zero attached hydrogens (tertiary/aromatic N) is 1. The second kappa shape index (κ2) is 6.80. The molecule has 5 nitrogen and oxygen atoms in total. The van der Waals surface area contributed by atoms with E-state index in [2.05, 4.69) is 12.2 Å². The average Bonchev–Trinajstić information content (AvgIpc) is 2.49. The number of benzene rings is 1. The first-order valence-corrected chi connectivity index (χ1v) is 7.51. The Bertz CT molecular complexity index is 548. The Hall–Kier alpha value is -1.75. The summed E-state index contributed by atoms with van der Waals surface area (Å²) in [7, 11) is 0. The largest absolute Gasteiger partial charge is 0.478 e. The SMILES string of the molecule is CCC1CCCCN1C(=O)Nc1cc(C(=O)O)ccc1Cl. The normalized spacial score (nSPS) is 18.4. The fraction of sp³-hybridized carbons (Fsp3) is 0.467. The highest BCUT2D eigenvalue weighted by molar-refractivity contribution is 6.33. The maximum absolute atomic E-state index is 12.4. The van der Waals surface area contributed by atoms with Crippen molar-refractivity contribution in [3.8, 4) is 0 Å². The van der Waals surface area contributed by atoms with Gasteiger partial charge in [-0.3, -0.25) is 0 Å². The molecule has 0 spiro atoms. The predicted octanol–water partition coefficient (Wildman–Crippen LogP) is 3.83. The lowest BCUT2D eigenvalue weighted by Crippen LogP contribution is -2.45. The molecule has 2 rings (SSSR count). The van der Waals surface area contributed by atoms with E-state index in [1.165, 1.54) is 18.2 Å². The Balaban J connectivity index is 2.15. The number of carboxylic acid groups (broad SMARTS) is 1. The lowest BCUT2D eigenvalue weighted by atomic mass is 10.0. The molecule has 1 unspecified atom stereocenters. The second-order valence-electron chi connectivity index (χ2n) is 5.18. The summed E-state index contributed by atoms with van der Waals surface area (Å²) >= 11 is 6.03. The van der Waals surface area contributed by atoms with E-state index in [1.54, 1.807) is 0 Å². The number of likely N-dealkylation sites (tertiary alicyclic amines) is 1. The molecular weight excluding hydrogens is 292 g/mol. The molecule has 21 heavy (non-hydrogen) atoms. The third kappa shape index (κ3) is 3.67. The Morgan fingerprint density at radius 3 is 2.86 bits per heavy atom.